The minimum atomic E-state index is 0.896. The van der Waals surface area contributed by atoms with Crippen molar-refractivity contribution < 1.29 is 0 Å². The van der Waals surface area contributed by atoms with E-state index in [9.17, 15) is 0 Å². The van der Waals surface area contributed by atoms with Crippen LogP contribution in [0.4, 0.5) is 10.8 Å². The van der Waals surface area contributed by atoms with Crippen LogP contribution in [0.5, 0.6) is 0 Å². The lowest BCUT2D eigenvalue weighted by atomic mass is 10.2. The second kappa shape index (κ2) is 6.06. The summed E-state index contributed by atoms with van der Waals surface area (Å²) in [5.74, 6) is 0. The van der Waals surface area contributed by atoms with Gasteiger partial charge in [0.05, 0.1) is 5.69 Å². The number of aryl methyl sites for hydroxylation is 1. The highest BCUT2D eigenvalue weighted by molar-refractivity contribution is 7.14. The zero-order valence-corrected chi connectivity index (χ0v) is 13.0. The Morgan fingerprint density at radius 1 is 1.14 bits per heavy atom. The van der Waals surface area contributed by atoms with E-state index in [1.165, 1.54) is 11.3 Å². The quantitative estimate of drug-likeness (QED) is 0.700. The molecule has 0 atom stereocenters. The minimum absolute atomic E-state index is 0.896. The summed E-state index contributed by atoms with van der Waals surface area (Å²) < 4.78 is 0. The van der Waals surface area contributed by atoms with Gasteiger partial charge in [0.15, 0.2) is 5.13 Å². The predicted molar refractivity (Wildman–Crippen MR) is 89.2 cm³/mol. The summed E-state index contributed by atoms with van der Waals surface area (Å²) in [4.78, 5) is 11.1. The maximum atomic E-state index is 4.77. The zero-order chi connectivity index (χ0) is 14.7. The van der Waals surface area contributed by atoms with Crippen molar-refractivity contribution in [3.63, 3.8) is 0 Å². The summed E-state index contributed by atoms with van der Waals surface area (Å²) >= 11 is 1.67. The van der Waals surface area contributed by atoms with Gasteiger partial charge in [0.1, 0.15) is 0 Å². The molecule has 1 aromatic carbocycles. The molecule has 0 spiro atoms. The minimum Gasteiger partial charge on any atom is -0.318 e. The van der Waals surface area contributed by atoms with Gasteiger partial charge in [0.2, 0.25) is 0 Å². The van der Waals surface area contributed by atoms with E-state index in [-0.39, 0.29) is 0 Å². The highest BCUT2D eigenvalue weighted by atomic mass is 32.1. The van der Waals surface area contributed by atoms with Crippen molar-refractivity contribution in [2.24, 2.45) is 0 Å². The van der Waals surface area contributed by atoms with Crippen LogP contribution in [0, 0.1) is 6.92 Å². The van der Waals surface area contributed by atoms with Gasteiger partial charge in [-0.05, 0) is 43.7 Å². The highest BCUT2D eigenvalue weighted by Crippen LogP contribution is 2.31. The zero-order valence-electron chi connectivity index (χ0n) is 12.2. The molecule has 3 rings (SSSR count). The topological polar surface area (TPSA) is 29.0 Å². The molecule has 0 aliphatic heterocycles. The normalized spacial score (nSPS) is 10.6. The second-order valence-corrected chi connectivity index (χ2v) is 5.67. The van der Waals surface area contributed by atoms with Crippen LogP contribution in [0.25, 0.3) is 11.3 Å². The average molecular weight is 295 g/mol. The van der Waals surface area contributed by atoms with Crippen LogP contribution in [0.1, 0.15) is 12.5 Å². The standard InChI is InChI=1S/C17H17N3S/c1-3-20(15-6-4-5-13(2)11-15)17-19-16(12-21-17)14-7-9-18-10-8-14/h4-12H,3H2,1-2H3. The molecule has 0 radical (unpaired) electrons. The molecule has 0 aliphatic carbocycles. The molecule has 2 heterocycles. The fourth-order valence-electron chi connectivity index (χ4n) is 2.27. The molecule has 0 unspecified atom stereocenters. The van der Waals surface area contributed by atoms with Crippen molar-refractivity contribution in [1.29, 1.82) is 0 Å². The summed E-state index contributed by atoms with van der Waals surface area (Å²) in [5, 5.41) is 3.12. The molecular weight excluding hydrogens is 278 g/mol. The molecule has 0 amide bonds. The van der Waals surface area contributed by atoms with E-state index in [1.807, 2.05) is 12.1 Å². The predicted octanol–water partition coefficient (Wildman–Crippen LogP) is 4.67. The Hall–Kier alpha value is -2.20. The lowest BCUT2D eigenvalue weighted by Gasteiger charge is -2.20. The Morgan fingerprint density at radius 2 is 1.95 bits per heavy atom. The first-order chi connectivity index (χ1) is 10.3. The third-order valence-electron chi connectivity index (χ3n) is 3.33. The molecule has 0 saturated heterocycles. The van der Waals surface area contributed by atoms with Crippen LogP contribution < -0.4 is 4.90 Å². The molecule has 4 heteroatoms. The third-order valence-corrected chi connectivity index (χ3v) is 4.19. The van der Waals surface area contributed by atoms with Gasteiger partial charge in [0.25, 0.3) is 0 Å². The van der Waals surface area contributed by atoms with Crippen molar-refractivity contribution >= 4 is 22.2 Å². The van der Waals surface area contributed by atoms with Crippen LogP contribution in [0.3, 0.4) is 0 Å². The second-order valence-electron chi connectivity index (χ2n) is 4.83. The van der Waals surface area contributed by atoms with Gasteiger partial charge in [-0.25, -0.2) is 4.98 Å². The number of hydrogen-bond acceptors (Lipinski definition) is 4. The molecule has 3 nitrogen and oxygen atoms in total. The molecule has 106 valence electrons. The summed E-state index contributed by atoms with van der Waals surface area (Å²) in [6.45, 7) is 5.16. The van der Waals surface area contributed by atoms with Crippen LogP contribution in [-0.4, -0.2) is 16.5 Å². The van der Waals surface area contributed by atoms with Crippen LogP contribution in [0.2, 0.25) is 0 Å². The molecular formula is C17H17N3S. The average Bonchev–Trinajstić information content (AvgIpc) is 2.99. The first-order valence-electron chi connectivity index (χ1n) is 6.98. The molecule has 0 fully saturated rings. The summed E-state index contributed by atoms with van der Waals surface area (Å²) in [5.41, 5.74) is 4.56. The number of benzene rings is 1. The largest absolute Gasteiger partial charge is 0.318 e. The molecule has 3 aromatic rings. The summed E-state index contributed by atoms with van der Waals surface area (Å²) in [7, 11) is 0. The Bertz CT molecular complexity index is 722. The van der Waals surface area contributed by atoms with Crippen LogP contribution in [0.15, 0.2) is 54.2 Å². The van der Waals surface area contributed by atoms with Crippen LogP contribution in [-0.2, 0) is 0 Å². The van der Waals surface area contributed by atoms with E-state index in [0.717, 1.165) is 22.9 Å². The fraction of sp³-hybridized carbons (Fsp3) is 0.176. The van der Waals surface area contributed by atoms with Crippen molar-refractivity contribution in [1.82, 2.24) is 9.97 Å². The SMILES string of the molecule is CCN(c1cccc(C)c1)c1nc(-c2ccncc2)cs1. The van der Waals surface area contributed by atoms with E-state index in [0.29, 0.717) is 0 Å². The van der Waals surface area contributed by atoms with Crippen molar-refractivity contribution in [2.45, 2.75) is 13.8 Å². The van der Waals surface area contributed by atoms with E-state index >= 15 is 0 Å². The Labute approximate surface area is 128 Å². The molecule has 21 heavy (non-hydrogen) atoms. The monoisotopic (exact) mass is 295 g/mol. The molecule has 2 aromatic heterocycles. The van der Waals surface area contributed by atoms with Gasteiger partial charge in [-0.2, -0.15) is 0 Å². The Balaban J connectivity index is 1.94. The number of hydrogen-bond donors (Lipinski definition) is 0. The van der Waals surface area contributed by atoms with Crippen molar-refractivity contribution in [2.75, 3.05) is 11.4 Å². The first kappa shape index (κ1) is 13.8. The van der Waals surface area contributed by atoms with Gasteiger partial charge in [-0.15, -0.1) is 11.3 Å². The van der Waals surface area contributed by atoms with Gasteiger partial charge in [0, 0.05) is 35.6 Å². The molecule has 0 saturated carbocycles. The van der Waals surface area contributed by atoms with E-state index < -0.39 is 0 Å². The molecule has 0 aliphatic rings. The Kier molecular flexibility index (Phi) is 3.97. The van der Waals surface area contributed by atoms with Crippen molar-refractivity contribution in [3.05, 3.63) is 59.7 Å². The third kappa shape index (κ3) is 2.95. The number of rotatable bonds is 4. The lowest BCUT2D eigenvalue weighted by Crippen LogP contribution is -2.15. The summed E-state index contributed by atoms with van der Waals surface area (Å²) in [6, 6.07) is 12.5. The molecule has 0 N–H and O–H groups in total. The van der Waals surface area contributed by atoms with Crippen molar-refractivity contribution in [3.8, 4) is 11.3 Å². The van der Waals surface area contributed by atoms with E-state index in [4.69, 9.17) is 4.98 Å². The maximum absolute atomic E-state index is 4.77. The molecule has 0 bridgehead atoms. The number of thiazole rings is 1. The lowest BCUT2D eigenvalue weighted by molar-refractivity contribution is 1.01. The number of nitrogens with zero attached hydrogens (tertiary/aromatic N) is 3. The van der Waals surface area contributed by atoms with E-state index in [1.54, 1.807) is 23.7 Å². The highest BCUT2D eigenvalue weighted by Gasteiger charge is 2.12. The smallest absolute Gasteiger partial charge is 0.190 e. The number of pyridine rings is 1. The number of anilines is 2. The van der Waals surface area contributed by atoms with Crippen LogP contribution >= 0.6 is 11.3 Å². The van der Waals surface area contributed by atoms with Gasteiger partial charge >= 0.3 is 0 Å². The first-order valence-corrected chi connectivity index (χ1v) is 7.86. The van der Waals surface area contributed by atoms with Gasteiger partial charge in [-0.3, -0.25) is 4.98 Å². The number of aromatic nitrogens is 2. The summed E-state index contributed by atoms with van der Waals surface area (Å²) in [6.07, 6.45) is 3.60. The maximum Gasteiger partial charge on any atom is 0.190 e. The van der Waals surface area contributed by atoms with E-state index in [2.05, 4.69) is 53.4 Å². The Morgan fingerprint density at radius 3 is 2.67 bits per heavy atom. The van der Waals surface area contributed by atoms with Gasteiger partial charge in [-0.1, -0.05) is 12.1 Å². The van der Waals surface area contributed by atoms with Gasteiger partial charge < -0.3 is 4.90 Å². The fourth-order valence-corrected chi connectivity index (χ4v) is 3.19.